The highest BCUT2D eigenvalue weighted by molar-refractivity contribution is 4.89. The minimum atomic E-state index is -4.80. The molecule has 0 aromatic rings. The molecule has 0 aromatic carbocycles. The first-order valence-corrected chi connectivity index (χ1v) is 7.84. The Morgan fingerprint density at radius 3 is 2.07 bits per heavy atom. The molecule has 2 unspecified atom stereocenters. The molecule has 4 nitrogen and oxygen atoms in total. The maximum absolute atomic E-state index is 13.4. The second-order valence-electron chi connectivity index (χ2n) is 6.07. The number of hydrogen-bond acceptors (Lipinski definition) is 4. The van der Waals surface area contributed by atoms with Gasteiger partial charge in [0.15, 0.2) is 0 Å². The number of halogens is 9. The van der Waals surface area contributed by atoms with E-state index in [1.165, 1.54) is 0 Å². The molecule has 13 heteroatoms. The highest BCUT2D eigenvalue weighted by Crippen LogP contribution is 2.40. The molecule has 0 saturated heterocycles. The molecule has 1 aliphatic rings. The van der Waals surface area contributed by atoms with Gasteiger partial charge in [-0.3, -0.25) is 0 Å². The fourth-order valence-corrected chi connectivity index (χ4v) is 1.91. The Bertz CT molecular complexity index is 462. The van der Waals surface area contributed by atoms with Crippen molar-refractivity contribution in [3.05, 3.63) is 0 Å². The van der Waals surface area contributed by atoms with E-state index in [2.05, 4.69) is 14.2 Å². The Morgan fingerprint density at radius 2 is 1.59 bits per heavy atom. The summed E-state index contributed by atoms with van der Waals surface area (Å²) in [6.07, 6.45) is -13.3. The number of aliphatic hydroxyl groups excluding tert-OH is 1. The minimum absolute atomic E-state index is 0.126. The third-order valence-corrected chi connectivity index (χ3v) is 3.65. The van der Waals surface area contributed by atoms with Gasteiger partial charge in [-0.15, -0.1) is 0 Å². The Balaban J connectivity index is 2.34. The van der Waals surface area contributed by atoms with Crippen LogP contribution < -0.4 is 0 Å². The molecule has 1 saturated carbocycles. The van der Waals surface area contributed by atoms with Gasteiger partial charge in [0.2, 0.25) is 0 Å². The summed E-state index contributed by atoms with van der Waals surface area (Å²) < 4.78 is 130. The topological polar surface area (TPSA) is 47.9 Å². The van der Waals surface area contributed by atoms with E-state index >= 15 is 0 Å². The van der Waals surface area contributed by atoms with Crippen molar-refractivity contribution in [1.29, 1.82) is 0 Å². The van der Waals surface area contributed by atoms with Crippen LogP contribution in [0.2, 0.25) is 0 Å². The molecule has 1 fully saturated rings. The van der Waals surface area contributed by atoms with Gasteiger partial charge in [0, 0.05) is 25.9 Å². The largest absolute Gasteiger partial charge is 0.411 e. The van der Waals surface area contributed by atoms with E-state index in [1.54, 1.807) is 0 Å². The quantitative estimate of drug-likeness (QED) is 0.460. The van der Waals surface area contributed by atoms with E-state index in [4.69, 9.17) is 5.11 Å². The van der Waals surface area contributed by atoms with Crippen LogP contribution in [-0.4, -0.2) is 67.9 Å². The van der Waals surface area contributed by atoms with Crippen molar-refractivity contribution in [2.45, 2.75) is 62.0 Å². The molecule has 0 heterocycles. The number of rotatable bonds is 13. The van der Waals surface area contributed by atoms with Crippen molar-refractivity contribution < 1.29 is 58.8 Å². The van der Waals surface area contributed by atoms with Gasteiger partial charge < -0.3 is 19.3 Å². The lowest BCUT2D eigenvalue weighted by Gasteiger charge is -2.36. The zero-order chi connectivity index (χ0) is 20.9. The SMILES string of the molecule is OCCC(F)(F)COC(F)C(F)(F)OCCC(F)(F)COC1CCC1(F)F. The summed E-state index contributed by atoms with van der Waals surface area (Å²) in [6, 6.07) is 0. The van der Waals surface area contributed by atoms with E-state index in [1.807, 2.05) is 0 Å². The van der Waals surface area contributed by atoms with Crippen LogP contribution in [-0.2, 0) is 14.2 Å². The predicted octanol–water partition coefficient (Wildman–Crippen LogP) is 3.77. The van der Waals surface area contributed by atoms with E-state index in [9.17, 15) is 39.5 Å². The van der Waals surface area contributed by atoms with Crippen molar-refractivity contribution in [3.8, 4) is 0 Å². The van der Waals surface area contributed by atoms with E-state index in [0.717, 1.165) is 0 Å². The molecule has 0 aromatic heterocycles. The van der Waals surface area contributed by atoms with Crippen molar-refractivity contribution in [2.24, 2.45) is 0 Å². The Labute approximate surface area is 148 Å². The first-order chi connectivity index (χ1) is 12.2. The minimum Gasteiger partial charge on any atom is -0.396 e. The highest BCUT2D eigenvalue weighted by Gasteiger charge is 2.50. The van der Waals surface area contributed by atoms with Crippen LogP contribution in [0, 0.1) is 0 Å². The second kappa shape index (κ2) is 9.14. The average molecular weight is 422 g/mol. The monoisotopic (exact) mass is 422 g/mol. The van der Waals surface area contributed by atoms with Crippen LogP contribution in [0.1, 0.15) is 25.7 Å². The number of alkyl halides is 9. The Hall–Kier alpha value is -0.790. The highest BCUT2D eigenvalue weighted by atomic mass is 19.3. The normalized spacial score (nSPS) is 21.8. The van der Waals surface area contributed by atoms with Crippen molar-refractivity contribution in [3.63, 3.8) is 0 Å². The molecule has 0 spiro atoms. The molecule has 0 bridgehead atoms. The molecule has 0 radical (unpaired) electrons. The van der Waals surface area contributed by atoms with Crippen molar-refractivity contribution in [2.75, 3.05) is 26.4 Å². The van der Waals surface area contributed by atoms with Crippen LogP contribution in [0.5, 0.6) is 0 Å². The molecule has 1 aliphatic carbocycles. The summed E-state index contributed by atoms with van der Waals surface area (Å²) in [5.74, 6) is -10.8. The number of hydrogen-bond donors (Lipinski definition) is 1. The van der Waals surface area contributed by atoms with Gasteiger partial charge in [-0.25, -0.2) is 30.7 Å². The van der Waals surface area contributed by atoms with Crippen LogP contribution in [0.3, 0.4) is 0 Å². The predicted molar refractivity (Wildman–Crippen MR) is 71.9 cm³/mol. The lowest BCUT2D eigenvalue weighted by atomic mass is 9.91. The van der Waals surface area contributed by atoms with E-state index in [0.29, 0.717) is 0 Å². The van der Waals surface area contributed by atoms with Gasteiger partial charge in [0.05, 0.1) is 6.61 Å². The van der Waals surface area contributed by atoms with Gasteiger partial charge in [-0.2, -0.15) is 8.78 Å². The van der Waals surface area contributed by atoms with Gasteiger partial charge in [-0.05, 0) is 6.42 Å². The fraction of sp³-hybridized carbons (Fsp3) is 1.00. The first kappa shape index (κ1) is 24.2. The Kier molecular flexibility index (Phi) is 8.21. The molecule has 1 N–H and O–H groups in total. The van der Waals surface area contributed by atoms with Crippen molar-refractivity contribution >= 4 is 0 Å². The van der Waals surface area contributed by atoms with Crippen LogP contribution >= 0.6 is 0 Å². The second-order valence-corrected chi connectivity index (χ2v) is 6.07. The van der Waals surface area contributed by atoms with E-state index < -0.39 is 82.0 Å². The van der Waals surface area contributed by atoms with Gasteiger partial charge in [-0.1, -0.05) is 0 Å². The van der Waals surface area contributed by atoms with Crippen LogP contribution in [0.15, 0.2) is 0 Å². The molecular formula is C14H19F9O4. The molecule has 27 heavy (non-hydrogen) atoms. The third-order valence-electron chi connectivity index (χ3n) is 3.65. The summed E-state index contributed by atoms with van der Waals surface area (Å²) in [4.78, 5) is 0. The average Bonchev–Trinajstić information content (AvgIpc) is 2.51. The standard InChI is InChI=1S/C14H19F9O4/c15-10(26-8-11(16,17)3-5-24)14(22,23)27-6-4-12(18,19)7-25-9-1-2-13(9,20)21/h9-10,24H,1-8H2. The van der Waals surface area contributed by atoms with Gasteiger partial charge in [0.25, 0.3) is 24.1 Å². The molecule has 0 aliphatic heterocycles. The lowest BCUT2D eigenvalue weighted by Crippen LogP contribution is -2.47. The zero-order valence-electron chi connectivity index (χ0n) is 13.9. The van der Waals surface area contributed by atoms with E-state index in [-0.39, 0.29) is 6.42 Å². The summed E-state index contributed by atoms with van der Waals surface area (Å²) in [5, 5.41) is 8.32. The molecule has 2 atom stereocenters. The third kappa shape index (κ3) is 8.00. The maximum Gasteiger partial charge on any atom is 0.411 e. The summed E-state index contributed by atoms with van der Waals surface area (Å²) >= 11 is 0. The maximum atomic E-state index is 13.4. The summed E-state index contributed by atoms with van der Waals surface area (Å²) in [5.41, 5.74) is 0. The summed E-state index contributed by atoms with van der Waals surface area (Å²) in [6.45, 7) is -5.66. The molecule has 162 valence electrons. The zero-order valence-corrected chi connectivity index (χ0v) is 13.9. The summed E-state index contributed by atoms with van der Waals surface area (Å²) in [7, 11) is 0. The Morgan fingerprint density at radius 1 is 1.00 bits per heavy atom. The smallest absolute Gasteiger partial charge is 0.396 e. The van der Waals surface area contributed by atoms with Gasteiger partial charge >= 0.3 is 6.11 Å². The molecular weight excluding hydrogens is 403 g/mol. The number of ether oxygens (including phenoxy) is 3. The number of aliphatic hydroxyl groups is 1. The lowest BCUT2D eigenvalue weighted by molar-refractivity contribution is -0.339. The van der Waals surface area contributed by atoms with Crippen LogP contribution in [0.25, 0.3) is 0 Å². The fourth-order valence-electron chi connectivity index (χ4n) is 1.91. The van der Waals surface area contributed by atoms with Crippen molar-refractivity contribution in [1.82, 2.24) is 0 Å². The molecule has 1 rings (SSSR count). The first-order valence-electron chi connectivity index (χ1n) is 7.84. The van der Waals surface area contributed by atoms with Crippen LogP contribution in [0.4, 0.5) is 39.5 Å². The molecule has 0 amide bonds. The van der Waals surface area contributed by atoms with Gasteiger partial charge in [0.1, 0.15) is 19.3 Å².